The van der Waals surface area contributed by atoms with Crippen LogP contribution in [-0.4, -0.2) is 25.7 Å². The zero-order chi connectivity index (χ0) is 14.0. The largest absolute Gasteiger partial charge is 0.417 e. The number of hydrogen-bond donors (Lipinski definition) is 1. The number of nitrogens with zero attached hydrogens (tertiary/aromatic N) is 1. The minimum absolute atomic E-state index is 0.0898. The Morgan fingerprint density at radius 3 is 2.79 bits per heavy atom. The molecule has 0 amide bonds. The molecule has 1 aliphatic rings. The van der Waals surface area contributed by atoms with Gasteiger partial charge < -0.3 is 10.2 Å². The van der Waals surface area contributed by atoms with Crippen LogP contribution in [0.2, 0.25) is 0 Å². The van der Waals surface area contributed by atoms with Crippen LogP contribution in [-0.2, 0) is 6.18 Å². The molecular weight excluding hydrogens is 321 g/mol. The van der Waals surface area contributed by atoms with Crippen molar-refractivity contribution in [3.63, 3.8) is 0 Å². The van der Waals surface area contributed by atoms with Crippen molar-refractivity contribution in [2.24, 2.45) is 0 Å². The molecule has 106 valence electrons. The molecule has 1 saturated heterocycles. The predicted molar refractivity (Wildman–Crippen MR) is 73.4 cm³/mol. The summed E-state index contributed by atoms with van der Waals surface area (Å²) >= 11 is 2.97. The maximum atomic E-state index is 12.9. The fraction of sp³-hybridized carbons (Fsp3) is 0.538. The second kappa shape index (κ2) is 5.71. The van der Waals surface area contributed by atoms with Crippen molar-refractivity contribution in [3.8, 4) is 0 Å². The van der Waals surface area contributed by atoms with Crippen LogP contribution in [0.25, 0.3) is 0 Å². The Kier molecular flexibility index (Phi) is 4.40. The molecule has 1 atom stereocenters. The van der Waals surface area contributed by atoms with E-state index in [1.807, 2.05) is 6.92 Å². The van der Waals surface area contributed by atoms with Crippen LogP contribution in [0, 0.1) is 0 Å². The molecule has 0 aliphatic carbocycles. The molecule has 1 aliphatic heterocycles. The van der Waals surface area contributed by atoms with Gasteiger partial charge in [-0.2, -0.15) is 13.2 Å². The third-order valence-electron chi connectivity index (χ3n) is 3.41. The lowest BCUT2D eigenvalue weighted by atomic mass is 10.1. The normalized spacial score (nSPS) is 20.7. The highest BCUT2D eigenvalue weighted by molar-refractivity contribution is 9.10. The summed E-state index contributed by atoms with van der Waals surface area (Å²) in [6.45, 7) is 4.40. The van der Waals surface area contributed by atoms with E-state index in [9.17, 15) is 13.2 Å². The molecule has 0 bridgehead atoms. The van der Waals surface area contributed by atoms with Gasteiger partial charge in [0.2, 0.25) is 0 Å². The highest BCUT2D eigenvalue weighted by atomic mass is 79.9. The Labute approximate surface area is 119 Å². The van der Waals surface area contributed by atoms with Gasteiger partial charge in [-0.05, 0) is 24.6 Å². The van der Waals surface area contributed by atoms with Gasteiger partial charge in [0.05, 0.1) is 5.56 Å². The first-order chi connectivity index (χ1) is 8.93. The molecule has 1 N–H and O–H groups in total. The number of piperazine rings is 1. The lowest BCUT2D eigenvalue weighted by Gasteiger charge is -2.38. The molecule has 1 aromatic rings. The number of alkyl halides is 3. The van der Waals surface area contributed by atoms with Crippen LogP contribution in [0.3, 0.4) is 0 Å². The van der Waals surface area contributed by atoms with E-state index in [4.69, 9.17) is 0 Å². The summed E-state index contributed by atoms with van der Waals surface area (Å²) in [5.74, 6) is 0. The van der Waals surface area contributed by atoms with Gasteiger partial charge in [0.25, 0.3) is 0 Å². The summed E-state index contributed by atoms with van der Waals surface area (Å²) in [4.78, 5) is 2.05. The summed E-state index contributed by atoms with van der Waals surface area (Å²) < 4.78 is 38.8. The first-order valence-corrected chi connectivity index (χ1v) is 7.07. The smallest absolute Gasteiger partial charge is 0.366 e. The van der Waals surface area contributed by atoms with Gasteiger partial charge in [0.1, 0.15) is 0 Å². The maximum absolute atomic E-state index is 12.9. The lowest BCUT2D eigenvalue weighted by Crippen LogP contribution is -2.51. The standard InChI is InChI=1S/C13H16BrF3N2/c1-2-9-8-18-5-6-19(9)10-3-4-12(14)11(7-10)13(15,16)17/h3-4,7,9,18H,2,5-6,8H2,1H3. The first kappa shape index (κ1) is 14.7. The average molecular weight is 337 g/mol. The number of anilines is 1. The van der Waals surface area contributed by atoms with Crippen LogP contribution in [0.15, 0.2) is 22.7 Å². The van der Waals surface area contributed by atoms with Crippen molar-refractivity contribution in [2.45, 2.75) is 25.6 Å². The van der Waals surface area contributed by atoms with E-state index in [1.54, 1.807) is 6.07 Å². The third kappa shape index (κ3) is 3.23. The number of rotatable bonds is 2. The highest BCUT2D eigenvalue weighted by Crippen LogP contribution is 2.37. The molecule has 2 rings (SSSR count). The summed E-state index contributed by atoms with van der Waals surface area (Å²) in [7, 11) is 0. The van der Waals surface area contributed by atoms with E-state index < -0.39 is 11.7 Å². The molecular formula is C13H16BrF3N2. The van der Waals surface area contributed by atoms with E-state index in [0.717, 1.165) is 26.1 Å². The van der Waals surface area contributed by atoms with E-state index in [0.29, 0.717) is 5.69 Å². The Bertz CT molecular complexity index is 448. The monoisotopic (exact) mass is 336 g/mol. The minimum atomic E-state index is -4.33. The molecule has 6 heteroatoms. The van der Waals surface area contributed by atoms with Gasteiger partial charge in [-0.25, -0.2) is 0 Å². The SMILES string of the molecule is CCC1CNCCN1c1ccc(Br)c(C(F)(F)F)c1. The first-order valence-electron chi connectivity index (χ1n) is 6.27. The molecule has 0 spiro atoms. The molecule has 0 radical (unpaired) electrons. The molecule has 0 saturated carbocycles. The van der Waals surface area contributed by atoms with Crippen LogP contribution in [0.5, 0.6) is 0 Å². The fourth-order valence-corrected chi connectivity index (χ4v) is 2.85. The minimum Gasteiger partial charge on any atom is -0.366 e. The van der Waals surface area contributed by atoms with Crippen molar-refractivity contribution in [1.29, 1.82) is 0 Å². The van der Waals surface area contributed by atoms with Crippen LogP contribution >= 0.6 is 15.9 Å². The quantitative estimate of drug-likeness (QED) is 0.886. The maximum Gasteiger partial charge on any atom is 0.417 e. The second-order valence-corrected chi connectivity index (χ2v) is 5.48. The van der Waals surface area contributed by atoms with Crippen molar-refractivity contribution < 1.29 is 13.2 Å². The van der Waals surface area contributed by atoms with Crippen LogP contribution in [0.1, 0.15) is 18.9 Å². The van der Waals surface area contributed by atoms with E-state index in [2.05, 4.69) is 26.1 Å². The Hall–Kier alpha value is -0.750. The highest BCUT2D eigenvalue weighted by Gasteiger charge is 2.34. The number of benzene rings is 1. The molecule has 0 aromatic heterocycles. The summed E-state index contributed by atoms with van der Waals surface area (Å²) in [5.41, 5.74) is 0.0299. The van der Waals surface area contributed by atoms with Crippen LogP contribution < -0.4 is 10.2 Å². The van der Waals surface area contributed by atoms with Crippen molar-refractivity contribution in [1.82, 2.24) is 5.32 Å². The molecule has 19 heavy (non-hydrogen) atoms. The van der Waals surface area contributed by atoms with E-state index >= 15 is 0 Å². The average Bonchev–Trinajstić information content (AvgIpc) is 2.38. The second-order valence-electron chi connectivity index (χ2n) is 4.62. The zero-order valence-electron chi connectivity index (χ0n) is 10.6. The van der Waals surface area contributed by atoms with Gasteiger partial charge in [0, 0.05) is 35.8 Å². The van der Waals surface area contributed by atoms with Gasteiger partial charge in [-0.3, -0.25) is 0 Å². The Morgan fingerprint density at radius 1 is 1.42 bits per heavy atom. The third-order valence-corrected chi connectivity index (χ3v) is 4.10. The lowest BCUT2D eigenvalue weighted by molar-refractivity contribution is -0.138. The fourth-order valence-electron chi connectivity index (χ4n) is 2.37. The topological polar surface area (TPSA) is 15.3 Å². The summed E-state index contributed by atoms with van der Waals surface area (Å²) in [6, 6.07) is 4.70. The molecule has 1 unspecified atom stereocenters. The Balaban J connectivity index is 2.34. The van der Waals surface area contributed by atoms with E-state index in [1.165, 1.54) is 12.1 Å². The molecule has 1 aromatic carbocycles. The number of nitrogens with one attached hydrogen (secondary N) is 1. The molecule has 2 nitrogen and oxygen atoms in total. The van der Waals surface area contributed by atoms with Crippen molar-refractivity contribution in [2.75, 3.05) is 24.5 Å². The van der Waals surface area contributed by atoms with Gasteiger partial charge in [-0.15, -0.1) is 0 Å². The van der Waals surface area contributed by atoms with Gasteiger partial charge in [-0.1, -0.05) is 22.9 Å². The Morgan fingerprint density at radius 2 is 2.16 bits per heavy atom. The van der Waals surface area contributed by atoms with Crippen molar-refractivity contribution in [3.05, 3.63) is 28.2 Å². The summed E-state index contributed by atoms with van der Waals surface area (Å²) in [6.07, 6.45) is -3.42. The predicted octanol–water partition coefficient (Wildman–Crippen LogP) is 3.66. The van der Waals surface area contributed by atoms with E-state index in [-0.39, 0.29) is 10.5 Å². The summed E-state index contributed by atoms with van der Waals surface area (Å²) in [5, 5.41) is 3.27. The van der Waals surface area contributed by atoms with Gasteiger partial charge in [0.15, 0.2) is 0 Å². The number of halogens is 4. The van der Waals surface area contributed by atoms with Gasteiger partial charge >= 0.3 is 6.18 Å². The zero-order valence-corrected chi connectivity index (χ0v) is 12.2. The van der Waals surface area contributed by atoms with Crippen molar-refractivity contribution >= 4 is 21.6 Å². The molecule has 1 heterocycles. The number of hydrogen-bond acceptors (Lipinski definition) is 2. The molecule has 1 fully saturated rings. The van der Waals surface area contributed by atoms with Crippen LogP contribution in [0.4, 0.5) is 18.9 Å².